The van der Waals surface area contributed by atoms with Crippen molar-refractivity contribution in [3.63, 3.8) is 0 Å². The third-order valence-corrected chi connectivity index (χ3v) is 3.09. The van der Waals surface area contributed by atoms with Crippen LogP contribution in [0.25, 0.3) is 11.1 Å². The van der Waals surface area contributed by atoms with E-state index in [2.05, 4.69) is 34.4 Å². The van der Waals surface area contributed by atoms with Crippen molar-refractivity contribution in [3.8, 4) is 0 Å². The Hall–Kier alpha value is -1.55. The molecule has 0 fully saturated rings. The summed E-state index contributed by atoms with van der Waals surface area (Å²) in [6, 6.07) is 6.18. The third kappa shape index (κ3) is 3.01. The first-order chi connectivity index (χ1) is 8.70. The predicted molar refractivity (Wildman–Crippen MR) is 75.2 cm³/mol. The van der Waals surface area contributed by atoms with E-state index in [1.807, 2.05) is 20.0 Å². The highest BCUT2D eigenvalue weighted by molar-refractivity contribution is 5.77. The number of unbranched alkanes of at least 4 members (excludes halogenated alkanes) is 1. The fourth-order valence-corrected chi connectivity index (χ4v) is 2.05. The van der Waals surface area contributed by atoms with Gasteiger partial charge >= 0.3 is 0 Å². The molecule has 0 unspecified atom stereocenters. The zero-order chi connectivity index (χ0) is 13.0. The molecule has 0 aliphatic rings. The number of oxazole rings is 1. The Labute approximate surface area is 108 Å². The van der Waals surface area contributed by atoms with Gasteiger partial charge in [0.05, 0.1) is 0 Å². The summed E-state index contributed by atoms with van der Waals surface area (Å²) >= 11 is 0. The quantitative estimate of drug-likeness (QED) is 0.797. The molecule has 0 aliphatic carbocycles. The predicted octanol–water partition coefficient (Wildman–Crippen LogP) is 2.57. The SMILES string of the molecule is CNCCCCN(C)c1ccc2nc(C)oc2c1. The first kappa shape index (κ1) is 12.9. The summed E-state index contributed by atoms with van der Waals surface area (Å²) in [5.74, 6) is 0.721. The fourth-order valence-electron chi connectivity index (χ4n) is 2.05. The van der Waals surface area contributed by atoms with Crippen molar-refractivity contribution in [1.82, 2.24) is 10.3 Å². The summed E-state index contributed by atoms with van der Waals surface area (Å²) in [6.07, 6.45) is 2.38. The van der Waals surface area contributed by atoms with E-state index in [0.717, 1.165) is 30.1 Å². The maximum atomic E-state index is 5.55. The highest BCUT2D eigenvalue weighted by Gasteiger charge is 2.06. The number of aryl methyl sites for hydroxylation is 1. The van der Waals surface area contributed by atoms with Crippen LogP contribution in [-0.4, -0.2) is 32.2 Å². The molecule has 0 spiro atoms. The number of benzene rings is 1. The van der Waals surface area contributed by atoms with Crippen LogP contribution in [0.3, 0.4) is 0 Å². The van der Waals surface area contributed by atoms with Crippen molar-refractivity contribution in [2.24, 2.45) is 0 Å². The molecule has 0 saturated carbocycles. The van der Waals surface area contributed by atoms with Crippen LogP contribution in [0, 0.1) is 6.92 Å². The Balaban J connectivity index is 2.01. The number of rotatable bonds is 6. The number of anilines is 1. The van der Waals surface area contributed by atoms with Gasteiger partial charge in [-0.3, -0.25) is 0 Å². The first-order valence-corrected chi connectivity index (χ1v) is 6.43. The second-order valence-electron chi connectivity index (χ2n) is 4.62. The molecule has 0 amide bonds. The number of hydrogen-bond donors (Lipinski definition) is 1. The zero-order valence-corrected chi connectivity index (χ0v) is 11.4. The average Bonchev–Trinajstić information content (AvgIpc) is 2.73. The molecular formula is C14H21N3O. The van der Waals surface area contributed by atoms with Crippen molar-refractivity contribution in [2.75, 3.05) is 32.1 Å². The van der Waals surface area contributed by atoms with Crippen molar-refractivity contribution in [1.29, 1.82) is 0 Å². The lowest BCUT2D eigenvalue weighted by atomic mass is 10.2. The minimum absolute atomic E-state index is 0.721. The monoisotopic (exact) mass is 247 g/mol. The Morgan fingerprint density at radius 3 is 2.94 bits per heavy atom. The van der Waals surface area contributed by atoms with Gasteiger partial charge in [-0.1, -0.05) is 0 Å². The van der Waals surface area contributed by atoms with E-state index in [1.54, 1.807) is 0 Å². The molecule has 0 aliphatic heterocycles. The lowest BCUT2D eigenvalue weighted by Crippen LogP contribution is -2.19. The molecule has 4 nitrogen and oxygen atoms in total. The number of hydrogen-bond acceptors (Lipinski definition) is 4. The van der Waals surface area contributed by atoms with Crippen LogP contribution in [0.1, 0.15) is 18.7 Å². The Bertz CT molecular complexity index is 507. The first-order valence-electron chi connectivity index (χ1n) is 6.43. The van der Waals surface area contributed by atoms with Gasteiger partial charge in [-0.15, -0.1) is 0 Å². The van der Waals surface area contributed by atoms with Crippen LogP contribution in [0.2, 0.25) is 0 Å². The summed E-state index contributed by atoms with van der Waals surface area (Å²) in [7, 11) is 4.10. The Morgan fingerprint density at radius 2 is 2.17 bits per heavy atom. The highest BCUT2D eigenvalue weighted by Crippen LogP contribution is 2.22. The summed E-state index contributed by atoms with van der Waals surface area (Å²) in [5, 5.41) is 3.17. The van der Waals surface area contributed by atoms with E-state index in [0.29, 0.717) is 0 Å². The molecule has 2 aromatic rings. The summed E-state index contributed by atoms with van der Waals surface area (Å²) in [6.45, 7) is 4.01. The van der Waals surface area contributed by atoms with E-state index in [4.69, 9.17) is 4.42 Å². The minimum Gasteiger partial charge on any atom is -0.441 e. The Kier molecular flexibility index (Phi) is 4.20. The zero-order valence-electron chi connectivity index (χ0n) is 11.4. The van der Waals surface area contributed by atoms with Crippen LogP contribution in [-0.2, 0) is 0 Å². The molecule has 2 rings (SSSR count). The van der Waals surface area contributed by atoms with Crippen LogP contribution in [0.4, 0.5) is 5.69 Å². The summed E-state index contributed by atoms with van der Waals surface area (Å²) in [5.41, 5.74) is 2.98. The van der Waals surface area contributed by atoms with Crippen LogP contribution >= 0.6 is 0 Å². The number of aromatic nitrogens is 1. The summed E-state index contributed by atoms with van der Waals surface area (Å²) in [4.78, 5) is 6.56. The van der Waals surface area contributed by atoms with E-state index < -0.39 is 0 Å². The number of nitrogens with one attached hydrogen (secondary N) is 1. The highest BCUT2D eigenvalue weighted by atomic mass is 16.3. The second-order valence-corrected chi connectivity index (χ2v) is 4.62. The van der Waals surface area contributed by atoms with Crippen LogP contribution in [0.5, 0.6) is 0 Å². The molecule has 1 heterocycles. The molecule has 1 aromatic heterocycles. The van der Waals surface area contributed by atoms with Crippen LogP contribution in [0.15, 0.2) is 22.6 Å². The maximum Gasteiger partial charge on any atom is 0.192 e. The van der Waals surface area contributed by atoms with Gasteiger partial charge < -0.3 is 14.6 Å². The smallest absolute Gasteiger partial charge is 0.192 e. The van der Waals surface area contributed by atoms with Crippen molar-refractivity contribution in [3.05, 3.63) is 24.1 Å². The van der Waals surface area contributed by atoms with E-state index in [9.17, 15) is 0 Å². The van der Waals surface area contributed by atoms with Gasteiger partial charge in [0.15, 0.2) is 11.5 Å². The molecule has 4 heteroatoms. The van der Waals surface area contributed by atoms with Gasteiger partial charge in [0, 0.05) is 32.3 Å². The van der Waals surface area contributed by atoms with Gasteiger partial charge in [-0.2, -0.15) is 0 Å². The molecular weight excluding hydrogens is 226 g/mol. The van der Waals surface area contributed by atoms with Gasteiger partial charge in [-0.05, 0) is 38.6 Å². The molecule has 1 N–H and O–H groups in total. The molecule has 1 aromatic carbocycles. The number of nitrogens with zero attached hydrogens (tertiary/aromatic N) is 2. The van der Waals surface area contributed by atoms with Gasteiger partial charge in [0.1, 0.15) is 5.52 Å². The fraction of sp³-hybridized carbons (Fsp3) is 0.500. The van der Waals surface area contributed by atoms with E-state index in [-0.39, 0.29) is 0 Å². The summed E-state index contributed by atoms with van der Waals surface area (Å²) < 4.78 is 5.55. The third-order valence-electron chi connectivity index (χ3n) is 3.09. The van der Waals surface area contributed by atoms with Crippen molar-refractivity contribution >= 4 is 16.8 Å². The second kappa shape index (κ2) is 5.87. The average molecular weight is 247 g/mol. The van der Waals surface area contributed by atoms with E-state index >= 15 is 0 Å². The van der Waals surface area contributed by atoms with Gasteiger partial charge in [-0.25, -0.2) is 4.98 Å². The normalized spacial score (nSPS) is 11.1. The number of fused-ring (bicyclic) bond motifs is 1. The largest absolute Gasteiger partial charge is 0.441 e. The molecule has 0 atom stereocenters. The van der Waals surface area contributed by atoms with Crippen LogP contribution < -0.4 is 10.2 Å². The van der Waals surface area contributed by atoms with E-state index in [1.165, 1.54) is 18.5 Å². The topological polar surface area (TPSA) is 41.3 Å². The maximum absolute atomic E-state index is 5.55. The standard InChI is InChI=1S/C14H21N3O/c1-11-16-13-7-6-12(10-14(13)18-11)17(3)9-5-4-8-15-2/h6-7,10,15H,4-5,8-9H2,1-3H3. The molecule has 98 valence electrons. The van der Waals surface area contributed by atoms with Gasteiger partial charge in [0.25, 0.3) is 0 Å². The minimum atomic E-state index is 0.721. The molecule has 18 heavy (non-hydrogen) atoms. The lowest BCUT2D eigenvalue weighted by Gasteiger charge is -2.18. The van der Waals surface area contributed by atoms with Crippen molar-refractivity contribution in [2.45, 2.75) is 19.8 Å². The van der Waals surface area contributed by atoms with Gasteiger partial charge in [0.2, 0.25) is 0 Å². The molecule has 0 bridgehead atoms. The molecule has 0 saturated heterocycles. The Morgan fingerprint density at radius 1 is 1.33 bits per heavy atom. The molecule has 0 radical (unpaired) electrons. The van der Waals surface area contributed by atoms with Crippen molar-refractivity contribution < 1.29 is 4.42 Å². The lowest BCUT2D eigenvalue weighted by molar-refractivity contribution is 0.561.